The standard InChI is InChI=1S/C16H20BrNO/c1-3-13-11-14(17)7-9-16(13)18-12(2)6-8-15-5-4-10-19-15/h4-5,7,9-12,18H,3,6,8H2,1-2H3. The van der Waals surface area contributed by atoms with Gasteiger partial charge in [0, 0.05) is 22.6 Å². The van der Waals surface area contributed by atoms with E-state index >= 15 is 0 Å². The Labute approximate surface area is 123 Å². The molecule has 0 amide bonds. The van der Waals surface area contributed by atoms with Crippen molar-refractivity contribution in [2.45, 2.75) is 39.2 Å². The number of furan rings is 1. The number of rotatable bonds is 6. The second-order valence-electron chi connectivity index (χ2n) is 4.82. The second-order valence-corrected chi connectivity index (χ2v) is 5.73. The Morgan fingerprint density at radius 1 is 1.32 bits per heavy atom. The highest BCUT2D eigenvalue weighted by Gasteiger charge is 2.07. The first-order valence-corrected chi connectivity index (χ1v) is 7.55. The second kappa shape index (κ2) is 6.80. The summed E-state index contributed by atoms with van der Waals surface area (Å²) in [7, 11) is 0. The Hall–Kier alpha value is -1.22. The van der Waals surface area contributed by atoms with Crippen LogP contribution in [0.1, 0.15) is 31.6 Å². The summed E-state index contributed by atoms with van der Waals surface area (Å²) < 4.78 is 6.50. The van der Waals surface area contributed by atoms with Crippen LogP contribution in [0.4, 0.5) is 5.69 Å². The minimum Gasteiger partial charge on any atom is -0.469 e. The van der Waals surface area contributed by atoms with Gasteiger partial charge >= 0.3 is 0 Å². The minimum absolute atomic E-state index is 0.427. The molecule has 1 unspecified atom stereocenters. The number of hydrogen-bond donors (Lipinski definition) is 1. The molecule has 0 aliphatic rings. The summed E-state index contributed by atoms with van der Waals surface area (Å²) in [6.45, 7) is 4.39. The lowest BCUT2D eigenvalue weighted by atomic mass is 10.1. The Morgan fingerprint density at radius 3 is 2.84 bits per heavy atom. The van der Waals surface area contributed by atoms with Crippen molar-refractivity contribution >= 4 is 21.6 Å². The molecular formula is C16H20BrNO. The zero-order valence-corrected chi connectivity index (χ0v) is 13.0. The van der Waals surface area contributed by atoms with Crippen LogP contribution in [0.2, 0.25) is 0 Å². The highest BCUT2D eigenvalue weighted by atomic mass is 79.9. The molecule has 1 heterocycles. The molecule has 2 aromatic rings. The number of halogens is 1. The van der Waals surface area contributed by atoms with E-state index in [1.54, 1.807) is 6.26 Å². The van der Waals surface area contributed by atoms with E-state index in [1.165, 1.54) is 11.3 Å². The van der Waals surface area contributed by atoms with Gasteiger partial charge in [-0.1, -0.05) is 22.9 Å². The summed E-state index contributed by atoms with van der Waals surface area (Å²) in [5.74, 6) is 1.06. The summed E-state index contributed by atoms with van der Waals surface area (Å²) in [5, 5.41) is 3.59. The highest BCUT2D eigenvalue weighted by Crippen LogP contribution is 2.23. The van der Waals surface area contributed by atoms with Crippen molar-refractivity contribution in [3.63, 3.8) is 0 Å². The molecule has 2 nitrogen and oxygen atoms in total. The Kier molecular flexibility index (Phi) is 5.08. The lowest BCUT2D eigenvalue weighted by Crippen LogP contribution is -2.17. The molecule has 1 aromatic carbocycles. The van der Waals surface area contributed by atoms with Gasteiger partial charge in [0.25, 0.3) is 0 Å². The van der Waals surface area contributed by atoms with Crippen molar-refractivity contribution in [2.75, 3.05) is 5.32 Å². The average Bonchev–Trinajstić information content (AvgIpc) is 2.91. The van der Waals surface area contributed by atoms with Gasteiger partial charge in [0.1, 0.15) is 5.76 Å². The normalized spacial score (nSPS) is 12.4. The minimum atomic E-state index is 0.427. The third kappa shape index (κ3) is 4.13. The third-order valence-electron chi connectivity index (χ3n) is 3.25. The van der Waals surface area contributed by atoms with E-state index in [4.69, 9.17) is 4.42 Å². The fourth-order valence-corrected chi connectivity index (χ4v) is 2.56. The number of nitrogens with one attached hydrogen (secondary N) is 1. The quantitative estimate of drug-likeness (QED) is 0.806. The van der Waals surface area contributed by atoms with Gasteiger partial charge < -0.3 is 9.73 Å². The number of benzene rings is 1. The molecule has 19 heavy (non-hydrogen) atoms. The maximum Gasteiger partial charge on any atom is 0.103 e. The van der Waals surface area contributed by atoms with E-state index in [9.17, 15) is 0 Å². The molecule has 1 aromatic heterocycles. The maximum atomic E-state index is 5.36. The predicted molar refractivity (Wildman–Crippen MR) is 83.6 cm³/mol. The fraction of sp³-hybridized carbons (Fsp3) is 0.375. The van der Waals surface area contributed by atoms with E-state index in [-0.39, 0.29) is 0 Å². The lowest BCUT2D eigenvalue weighted by Gasteiger charge is -2.17. The molecule has 0 fully saturated rings. The SMILES string of the molecule is CCc1cc(Br)ccc1NC(C)CCc1ccco1. The van der Waals surface area contributed by atoms with Crippen molar-refractivity contribution < 1.29 is 4.42 Å². The summed E-state index contributed by atoms with van der Waals surface area (Å²) in [5.41, 5.74) is 2.58. The van der Waals surface area contributed by atoms with Gasteiger partial charge in [-0.3, -0.25) is 0 Å². The first-order chi connectivity index (χ1) is 9.19. The predicted octanol–water partition coefficient (Wildman–Crippen LogP) is 5.04. The van der Waals surface area contributed by atoms with Crippen LogP contribution in [0, 0.1) is 0 Å². The van der Waals surface area contributed by atoms with Crippen molar-refractivity contribution in [1.29, 1.82) is 0 Å². The smallest absolute Gasteiger partial charge is 0.103 e. The third-order valence-corrected chi connectivity index (χ3v) is 3.75. The van der Waals surface area contributed by atoms with Crippen LogP contribution in [0.15, 0.2) is 45.5 Å². The molecular weight excluding hydrogens is 302 g/mol. The van der Waals surface area contributed by atoms with Gasteiger partial charge in [0.05, 0.1) is 6.26 Å². The zero-order valence-electron chi connectivity index (χ0n) is 11.4. The summed E-state index contributed by atoms with van der Waals surface area (Å²) in [6, 6.07) is 10.8. The van der Waals surface area contributed by atoms with Crippen LogP contribution < -0.4 is 5.32 Å². The monoisotopic (exact) mass is 321 g/mol. The van der Waals surface area contributed by atoms with Crippen molar-refractivity contribution in [3.05, 3.63) is 52.4 Å². The Balaban J connectivity index is 1.93. The Morgan fingerprint density at radius 2 is 2.16 bits per heavy atom. The molecule has 0 radical (unpaired) electrons. The first-order valence-electron chi connectivity index (χ1n) is 6.76. The molecule has 1 N–H and O–H groups in total. The van der Waals surface area contributed by atoms with E-state index in [0.717, 1.165) is 29.5 Å². The molecule has 0 aliphatic carbocycles. The van der Waals surface area contributed by atoms with Gasteiger partial charge in [0.2, 0.25) is 0 Å². The molecule has 0 saturated carbocycles. The van der Waals surface area contributed by atoms with E-state index < -0.39 is 0 Å². The van der Waals surface area contributed by atoms with Crippen LogP contribution in [0.25, 0.3) is 0 Å². The van der Waals surface area contributed by atoms with Gasteiger partial charge in [0.15, 0.2) is 0 Å². The van der Waals surface area contributed by atoms with Crippen LogP contribution in [-0.2, 0) is 12.8 Å². The largest absolute Gasteiger partial charge is 0.469 e. The lowest BCUT2D eigenvalue weighted by molar-refractivity contribution is 0.495. The van der Waals surface area contributed by atoms with Crippen molar-refractivity contribution in [3.8, 4) is 0 Å². The molecule has 0 saturated heterocycles. The zero-order chi connectivity index (χ0) is 13.7. The highest BCUT2D eigenvalue weighted by molar-refractivity contribution is 9.10. The first kappa shape index (κ1) is 14.2. The molecule has 0 aliphatic heterocycles. The summed E-state index contributed by atoms with van der Waals surface area (Å²) in [6.07, 6.45) is 4.80. The van der Waals surface area contributed by atoms with Crippen molar-refractivity contribution in [1.82, 2.24) is 0 Å². The van der Waals surface area contributed by atoms with Gasteiger partial charge in [-0.15, -0.1) is 0 Å². The maximum absolute atomic E-state index is 5.36. The van der Waals surface area contributed by atoms with E-state index in [2.05, 4.69) is 53.3 Å². The van der Waals surface area contributed by atoms with Gasteiger partial charge in [-0.2, -0.15) is 0 Å². The number of aryl methyl sites for hydroxylation is 2. The van der Waals surface area contributed by atoms with Crippen LogP contribution >= 0.6 is 15.9 Å². The molecule has 2 rings (SSSR count). The van der Waals surface area contributed by atoms with Gasteiger partial charge in [-0.25, -0.2) is 0 Å². The molecule has 3 heteroatoms. The van der Waals surface area contributed by atoms with Crippen LogP contribution in [0.3, 0.4) is 0 Å². The number of anilines is 1. The number of hydrogen-bond acceptors (Lipinski definition) is 2. The summed E-state index contributed by atoms with van der Waals surface area (Å²) >= 11 is 3.52. The molecule has 0 spiro atoms. The average molecular weight is 322 g/mol. The molecule has 102 valence electrons. The van der Waals surface area contributed by atoms with E-state index in [1.807, 2.05) is 12.1 Å². The van der Waals surface area contributed by atoms with Crippen LogP contribution in [0.5, 0.6) is 0 Å². The molecule has 1 atom stereocenters. The molecule has 0 bridgehead atoms. The van der Waals surface area contributed by atoms with E-state index in [0.29, 0.717) is 6.04 Å². The summed E-state index contributed by atoms with van der Waals surface area (Å²) in [4.78, 5) is 0. The van der Waals surface area contributed by atoms with Gasteiger partial charge in [-0.05, 0) is 55.7 Å². The topological polar surface area (TPSA) is 25.2 Å². The van der Waals surface area contributed by atoms with Crippen LogP contribution in [-0.4, -0.2) is 6.04 Å². The fourth-order valence-electron chi connectivity index (χ4n) is 2.15. The Bertz CT molecular complexity index is 507. The van der Waals surface area contributed by atoms with Crippen molar-refractivity contribution in [2.24, 2.45) is 0 Å².